The fourth-order valence-electron chi connectivity index (χ4n) is 2.29. The minimum absolute atomic E-state index is 0.145. The van der Waals surface area contributed by atoms with Gasteiger partial charge in [0.1, 0.15) is 0 Å². The average Bonchev–Trinajstić information content (AvgIpc) is 2.56. The Labute approximate surface area is 148 Å². The summed E-state index contributed by atoms with van der Waals surface area (Å²) in [4.78, 5) is 10.3. The van der Waals surface area contributed by atoms with E-state index in [1.807, 2.05) is 12.2 Å². The lowest BCUT2D eigenvalue weighted by atomic mass is 10.1. The third kappa shape index (κ3) is 20.2. The van der Waals surface area contributed by atoms with Gasteiger partial charge in [-0.2, -0.15) is 0 Å². The van der Waals surface area contributed by atoms with Gasteiger partial charge >= 0.3 is 5.97 Å². The SMILES string of the molecule is CCCCCCCCCCC/C=C/C=C/C=C=C=CCCC(=O)O. The molecule has 0 bridgehead atoms. The molecule has 2 heteroatoms. The number of hydrogen-bond donors (Lipinski definition) is 1. The van der Waals surface area contributed by atoms with Gasteiger partial charge < -0.3 is 5.11 Å². The number of carboxylic acids is 1. The van der Waals surface area contributed by atoms with Gasteiger partial charge in [0.05, 0.1) is 0 Å². The van der Waals surface area contributed by atoms with Crippen molar-refractivity contribution < 1.29 is 9.90 Å². The molecule has 0 atom stereocenters. The first kappa shape index (κ1) is 22.2. The number of carbonyl (C=O) groups is 1. The van der Waals surface area contributed by atoms with Gasteiger partial charge in [0.2, 0.25) is 0 Å². The molecule has 0 unspecified atom stereocenters. The third-order valence-corrected chi connectivity index (χ3v) is 3.70. The van der Waals surface area contributed by atoms with Gasteiger partial charge in [-0.25, -0.2) is 0 Å². The number of carboxylic acid groups (broad SMARTS) is 1. The Morgan fingerprint density at radius 2 is 1.50 bits per heavy atom. The van der Waals surface area contributed by atoms with Crippen LogP contribution >= 0.6 is 0 Å². The van der Waals surface area contributed by atoms with E-state index in [0.717, 1.165) is 6.42 Å². The van der Waals surface area contributed by atoms with Crippen LogP contribution in [0.2, 0.25) is 0 Å². The first-order valence-corrected chi connectivity index (χ1v) is 9.47. The predicted octanol–water partition coefficient (Wildman–Crippen LogP) is 6.75. The summed E-state index contributed by atoms with van der Waals surface area (Å²) < 4.78 is 0. The molecule has 0 rings (SSSR count). The summed E-state index contributed by atoms with van der Waals surface area (Å²) in [5.74, 6) is -0.783. The zero-order valence-electron chi connectivity index (χ0n) is 15.3. The van der Waals surface area contributed by atoms with Crippen molar-refractivity contribution in [2.45, 2.75) is 84.0 Å². The summed E-state index contributed by atoms with van der Waals surface area (Å²) in [6.45, 7) is 2.26. The minimum atomic E-state index is -0.783. The zero-order chi connectivity index (χ0) is 17.7. The normalized spacial score (nSPS) is 10.7. The molecule has 134 valence electrons. The molecule has 0 aliphatic carbocycles. The smallest absolute Gasteiger partial charge is 0.303 e. The van der Waals surface area contributed by atoms with E-state index in [-0.39, 0.29) is 6.42 Å². The lowest BCUT2D eigenvalue weighted by Crippen LogP contribution is -1.91. The van der Waals surface area contributed by atoms with Crippen molar-refractivity contribution in [2.24, 2.45) is 0 Å². The standard InChI is InChI=1S/C22H34O2/c1-2-3-4-5-6-7-8-9-10-11-12-13-14-15-16-17-18-19-20-21-22(23)24/h12-16,19H,2-11,20-21H2,1H3,(H,23,24)/b13-12+,15-14+,19-16?. The number of allylic oxidation sites excluding steroid dienone is 6. The van der Waals surface area contributed by atoms with Crippen LogP contribution in [0.25, 0.3) is 0 Å². The van der Waals surface area contributed by atoms with Gasteiger partial charge in [-0.1, -0.05) is 94.1 Å². The van der Waals surface area contributed by atoms with E-state index in [4.69, 9.17) is 5.11 Å². The highest BCUT2D eigenvalue weighted by atomic mass is 16.4. The summed E-state index contributed by atoms with van der Waals surface area (Å²) in [6.07, 6.45) is 25.8. The van der Waals surface area contributed by atoms with Crippen molar-refractivity contribution >= 4 is 5.97 Å². The molecule has 0 aliphatic heterocycles. The molecule has 0 radical (unpaired) electrons. The van der Waals surface area contributed by atoms with Gasteiger partial charge in [0.15, 0.2) is 0 Å². The summed E-state index contributed by atoms with van der Waals surface area (Å²) in [7, 11) is 0. The Hall–Kier alpha value is -1.75. The quantitative estimate of drug-likeness (QED) is 0.205. The van der Waals surface area contributed by atoms with E-state index in [1.165, 1.54) is 57.8 Å². The maximum Gasteiger partial charge on any atom is 0.303 e. The molecule has 1 N–H and O–H groups in total. The van der Waals surface area contributed by atoms with Crippen LogP contribution in [0.5, 0.6) is 0 Å². The third-order valence-electron chi connectivity index (χ3n) is 3.70. The monoisotopic (exact) mass is 330 g/mol. The van der Waals surface area contributed by atoms with Crippen LogP contribution in [0.4, 0.5) is 0 Å². The van der Waals surface area contributed by atoms with Gasteiger partial charge in [0.25, 0.3) is 0 Å². The Kier molecular flexibility index (Phi) is 17.9. The van der Waals surface area contributed by atoms with Crippen molar-refractivity contribution in [2.75, 3.05) is 0 Å². The second kappa shape index (κ2) is 19.3. The summed E-state index contributed by atoms with van der Waals surface area (Å²) in [6, 6.07) is 0. The summed E-state index contributed by atoms with van der Waals surface area (Å²) >= 11 is 0. The number of hydrogen-bond acceptors (Lipinski definition) is 1. The van der Waals surface area contributed by atoms with Crippen LogP contribution < -0.4 is 0 Å². The topological polar surface area (TPSA) is 37.3 Å². The molecule has 0 saturated heterocycles. The second-order valence-corrected chi connectivity index (χ2v) is 6.02. The van der Waals surface area contributed by atoms with E-state index >= 15 is 0 Å². The van der Waals surface area contributed by atoms with Crippen LogP contribution in [0, 0.1) is 0 Å². The molecule has 0 aromatic carbocycles. The summed E-state index contributed by atoms with van der Waals surface area (Å²) in [5.41, 5.74) is 5.68. The number of rotatable bonds is 15. The van der Waals surface area contributed by atoms with Crippen LogP contribution in [0.15, 0.2) is 47.9 Å². The van der Waals surface area contributed by atoms with Gasteiger partial charge in [-0.3, -0.25) is 4.79 Å². The molecular weight excluding hydrogens is 296 g/mol. The number of unbranched alkanes of at least 4 members (excludes halogenated alkanes) is 9. The van der Waals surface area contributed by atoms with Crippen molar-refractivity contribution in [1.82, 2.24) is 0 Å². The average molecular weight is 331 g/mol. The lowest BCUT2D eigenvalue weighted by molar-refractivity contribution is -0.136. The maximum absolute atomic E-state index is 10.3. The Bertz CT molecular complexity index is 445. The molecule has 0 amide bonds. The molecule has 0 aliphatic rings. The highest BCUT2D eigenvalue weighted by Crippen LogP contribution is 2.10. The lowest BCUT2D eigenvalue weighted by Gasteiger charge is -2.00. The largest absolute Gasteiger partial charge is 0.481 e. The zero-order valence-corrected chi connectivity index (χ0v) is 15.3. The Balaban J connectivity index is 3.48. The van der Waals surface area contributed by atoms with Crippen molar-refractivity contribution in [3.8, 4) is 0 Å². The van der Waals surface area contributed by atoms with Crippen LogP contribution in [0.1, 0.15) is 84.0 Å². The maximum atomic E-state index is 10.3. The minimum Gasteiger partial charge on any atom is -0.481 e. The van der Waals surface area contributed by atoms with Crippen LogP contribution in [-0.4, -0.2) is 11.1 Å². The molecule has 0 heterocycles. The molecule has 0 fully saturated rings. The first-order valence-electron chi connectivity index (χ1n) is 9.47. The van der Waals surface area contributed by atoms with Crippen LogP contribution in [0.3, 0.4) is 0 Å². The van der Waals surface area contributed by atoms with Gasteiger partial charge in [-0.05, 0) is 31.4 Å². The molecule has 2 nitrogen and oxygen atoms in total. The predicted molar refractivity (Wildman–Crippen MR) is 103 cm³/mol. The fraction of sp³-hybridized carbons (Fsp3) is 0.591. The molecule has 0 saturated carbocycles. The van der Waals surface area contributed by atoms with E-state index < -0.39 is 5.97 Å². The highest BCUT2D eigenvalue weighted by molar-refractivity contribution is 5.66. The van der Waals surface area contributed by atoms with Gasteiger partial charge in [0, 0.05) is 6.42 Å². The molecule has 24 heavy (non-hydrogen) atoms. The first-order chi connectivity index (χ1) is 11.8. The van der Waals surface area contributed by atoms with E-state index in [0.29, 0.717) is 6.42 Å². The van der Waals surface area contributed by atoms with Crippen molar-refractivity contribution in [1.29, 1.82) is 0 Å². The number of aliphatic carboxylic acids is 1. The fourth-order valence-corrected chi connectivity index (χ4v) is 2.29. The molecule has 0 spiro atoms. The van der Waals surface area contributed by atoms with Gasteiger partial charge in [-0.15, -0.1) is 0 Å². The van der Waals surface area contributed by atoms with Crippen LogP contribution in [-0.2, 0) is 4.79 Å². The van der Waals surface area contributed by atoms with Crippen molar-refractivity contribution in [3.05, 3.63) is 47.9 Å². The molecule has 0 aromatic rings. The summed E-state index contributed by atoms with van der Waals surface area (Å²) in [5, 5.41) is 8.46. The highest BCUT2D eigenvalue weighted by Gasteiger charge is 1.91. The van der Waals surface area contributed by atoms with E-state index in [9.17, 15) is 4.79 Å². The second-order valence-electron chi connectivity index (χ2n) is 6.02. The molecule has 0 aromatic heterocycles. The van der Waals surface area contributed by atoms with E-state index in [1.54, 1.807) is 12.2 Å². The van der Waals surface area contributed by atoms with Crippen molar-refractivity contribution in [3.63, 3.8) is 0 Å². The Morgan fingerprint density at radius 3 is 2.17 bits per heavy atom. The Morgan fingerprint density at radius 1 is 0.833 bits per heavy atom. The van der Waals surface area contributed by atoms with E-state index in [2.05, 4.69) is 30.5 Å². The molecular formula is C22H34O2.